The lowest BCUT2D eigenvalue weighted by Crippen LogP contribution is -2.68. The molecule has 10 unspecified atom stereocenters. The van der Waals surface area contributed by atoms with E-state index in [1.807, 2.05) is 77.9 Å². The number of aliphatic hydroxyl groups is 4. The molecule has 2 aromatic carbocycles. The van der Waals surface area contributed by atoms with Crippen LogP contribution in [-0.2, 0) is 44.5 Å². The number of Topliss-reactive ketones (excluding diaryl/α,β-unsaturated/α-hetero) is 2. The van der Waals surface area contributed by atoms with Gasteiger partial charge in [-0.05, 0) is 119 Å². The summed E-state index contributed by atoms with van der Waals surface area (Å²) in [5.41, 5.74) is -0.706. The topological polar surface area (TPSA) is 229 Å². The molecule has 2 saturated heterocycles. The molecule has 2 saturated carbocycles. The molecule has 404 valence electrons. The highest BCUT2D eigenvalue weighted by atomic mass is 16.6. The Morgan fingerprint density at radius 1 is 1.01 bits per heavy atom. The average Bonchev–Trinajstić information content (AvgIpc) is 3.36. The predicted molar refractivity (Wildman–Crippen MR) is 270 cm³/mol. The minimum atomic E-state index is -2.10. The summed E-state index contributed by atoms with van der Waals surface area (Å²) in [5, 5.41) is 49.4. The molecule has 4 fully saturated rings. The Hall–Kier alpha value is -4.62. The molecule has 5 aliphatic rings. The molecule has 2 aromatic rings. The maximum absolute atomic E-state index is 14.9. The number of likely N-dealkylation sites (tertiary alicyclic amines) is 1. The number of amides is 1. The van der Waals surface area contributed by atoms with E-state index in [0.29, 0.717) is 80.0 Å². The maximum atomic E-state index is 14.9. The van der Waals surface area contributed by atoms with Crippen LogP contribution in [0.1, 0.15) is 123 Å². The van der Waals surface area contributed by atoms with Crippen molar-refractivity contribution in [1.29, 1.82) is 0 Å². The van der Waals surface area contributed by atoms with E-state index < -0.39 is 82.7 Å². The molecule has 11 atom stereocenters. The molecule has 7 rings (SSSR count). The number of aryl methyl sites for hydroxylation is 1. The first-order chi connectivity index (χ1) is 34.6. The number of benzene rings is 2. The van der Waals surface area contributed by atoms with E-state index in [-0.39, 0.29) is 56.6 Å². The van der Waals surface area contributed by atoms with Crippen molar-refractivity contribution in [3.63, 3.8) is 0 Å². The van der Waals surface area contributed by atoms with Crippen molar-refractivity contribution in [2.24, 2.45) is 28.1 Å². The summed E-state index contributed by atoms with van der Waals surface area (Å²) < 4.78 is 40.7. The van der Waals surface area contributed by atoms with Gasteiger partial charge in [0.05, 0.1) is 63.3 Å². The van der Waals surface area contributed by atoms with Crippen LogP contribution in [0.25, 0.3) is 0 Å². The first-order valence-corrected chi connectivity index (χ1v) is 26.1. The van der Waals surface area contributed by atoms with Gasteiger partial charge in [-0.1, -0.05) is 58.4 Å². The molecule has 0 aromatic heterocycles. The van der Waals surface area contributed by atoms with Crippen LogP contribution in [0.4, 0.5) is 10.5 Å². The van der Waals surface area contributed by atoms with Gasteiger partial charge < -0.3 is 63.8 Å². The Kier molecular flexibility index (Phi) is 17.8. The molecule has 17 heteroatoms. The minimum absolute atomic E-state index is 0.0147. The molecule has 2 aliphatic heterocycles. The summed E-state index contributed by atoms with van der Waals surface area (Å²) in [4.78, 5) is 57.3. The van der Waals surface area contributed by atoms with Gasteiger partial charge in [0.1, 0.15) is 25.5 Å². The summed E-state index contributed by atoms with van der Waals surface area (Å²) in [6.07, 6.45) is -2.46. The Morgan fingerprint density at radius 2 is 1.77 bits per heavy atom. The molecule has 73 heavy (non-hydrogen) atoms. The van der Waals surface area contributed by atoms with Gasteiger partial charge in [0.25, 0.3) is 0 Å². The molecule has 17 nitrogen and oxygen atoms in total. The van der Waals surface area contributed by atoms with E-state index in [1.165, 1.54) is 0 Å². The number of carbonyl (C=O) groups is 4. The highest BCUT2D eigenvalue weighted by molar-refractivity contribution is 5.95. The highest BCUT2D eigenvalue weighted by Crippen LogP contribution is 2.61. The lowest BCUT2D eigenvalue weighted by Gasteiger charge is -2.62. The van der Waals surface area contributed by atoms with Gasteiger partial charge >= 0.3 is 12.1 Å². The Bertz CT molecular complexity index is 2330. The number of hydrogen-bond donors (Lipinski definition) is 5. The second-order valence-electron chi connectivity index (χ2n) is 22.4. The van der Waals surface area contributed by atoms with Gasteiger partial charge in [0, 0.05) is 35.4 Å². The van der Waals surface area contributed by atoms with Gasteiger partial charge in [0.15, 0.2) is 35.3 Å². The maximum Gasteiger partial charge on any atom is 0.410 e. The number of piperidine rings is 1. The number of fused-ring (bicyclic) bond motifs is 5. The first-order valence-electron chi connectivity index (χ1n) is 26.1. The number of esters is 1. The zero-order valence-corrected chi connectivity index (χ0v) is 44.3. The van der Waals surface area contributed by atoms with E-state index in [4.69, 9.17) is 33.2 Å². The van der Waals surface area contributed by atoms with Gasteiger partial charge in [0.2, 0.25) is 0 Å². The Morgan fingerprint density at radius 3 is 2.47 bits per heavy atom. The first kappa shape index (κ1) is 56.1. The molecule has 2 heterocycles. The Balaban J connectivity index is 1.00. The van der Waals surface area contributed by atoms with Crippen molar-refractivity contribution in [3.05, 3.63) is 64.7 Å². The number of carbonyl (C=O) groups excluding carboxylic acids is 4. The summed E-state index contributed by atoms with van der Waals surface area (Å²) in [6, 6.07) is 12.7. The molecule has 2 bridgehead atoms. The average molecular weight is 1020 g/mol. The zero-order chi connectivity index (χ0) is 53.0. The smallest absolute Gasteiger partial charge is 0.410 e. The summed E-state index contributed by atoms with van der Waals surface area (Å²) in [6.45, 7) is 13.4. The number of allylic oxidation sites excluding steroid dienone is 1. The predicted octanol–water partition coefficient (Wildman–Crippen LogP) is 6.65. The van der Waals surface area contributed by atoms with Crippen LogP contribution in [0.3, 0.4) is 0 Å². The molecular weight excluding hydrogens is 941 g/mol. The fourth-order valence-electron chi connectivity index (χ4n) is 11.8. The van der Waals surface area contributed by atoms with Gasteiger partial charge in [-0.2, -0.15) is 0 Å². The number of aliphatic hydroxyl groups excluding tert-OH is 3. The third-order valence-corrected chi connectivity index (χ3v) is 17.4. The lowest BCUT2D eigenvalue weighted by molar-refractivity contribution is -0.242. The normalized spacial score (nSPS) is 29.0. The van der Waals surface area contributed by atoms with Gasteiger partial charge in [-0.3, -0.25) is 9.59 Å². The SMILES string of the molecule is CCC(C)(C)C(=O)COCC1CCCCN1C(=O)OC(CCc1ccc(OC)c(OC)c1)c1cccc(NCOCC(O)[C@@H](O)C(=O)OC2C(=O)C3(C)C(O)CC4OCC4C3CC3(O)CCC(C)=C2C3(C)C)c1. The molecule has 0 spiro atoms. The number of methoxy groups -OCH3 is 2. The van der Waals surface area contributed by atoms with Crippen LogP contribution in [0, 0.1) is 28.1 Å². The molecular formula is C56H80N2O15. The van der Waals surface area contributed by atoms with E-state index in [1.54, 1.807) is 32.1 Å². The van der Waals surface area contributed by atoms with Gasteiger partial charge in [-0.15, -0.1) is 0 Å². The van der Waals surface area contributed by atoms with Crippen molar-refractivity contribution in [2.75, 3.05) is 59.2 Å². The van der Waals surface area contributed by atoms with Crippen molar-refractivity contribution in [3.8, 4) is 11.5 Å². The van der Waals surface area contributed by atoms with E-state index in [0.717, 1.165) is 24.0 Å². The molecule has 1 amide bonds. The summed E-state index contributed by atoms with van der Waals surface area (Å²) in [7, 11) is 3.14. The van der Waals surface area contributed by atoms with Crippen molar-refractivity contribution >= 4 is 29.3 Å². The number of rotatable bonds is 21. The third kappa shape index (κ3) is 11.6. The monoisotopic (exact) mass is 1020 g/mol. The van der Waals surface area contributed by atoms with E-state index >= 15 is 0 Å². The van der Waals surface area contributed by atoms with E-state index in [9.17, 15) is 39.6 Å². The lowest BCUT2D eigenvalue weighted by atomic mass is 9.47. The van der Waals surface area contributed by atoms with Crippen molar-refractivity contribution in [2.45, 2.75) is 161 Å². The fraction of sp³-hybridized carbons (Fsp3) is 0.679. The number of ketones is 2. The molecule has 0 radical (unpaired) electrons. The van der Waals surface area contributed by atoms with Crippen LogP contribution < -0.4 is 14.8 Å². The number of ether oxygens (including phenoxy) is 7. The number of hydrogen-bond acceptors (Lipinski definition) is 16. The quantitative estimate of drug-likeness (QED) is 0.0381. The number of nitrogens with one attached hydrogen (secondary N) is 1. The number of anilines is 1. The fourth-order valence-corrected chi connectivity index (χ4v) is 11.8. The standard InChI is InChI=1S/C56H80N2O15/c1-10-53(3,4)46(61)31-69-28-37-16-11-12-23-58(37)52(65)72-41(19-17-34-18-20-42(67-8)44(24-34)68-9)35-14-13-15-36(25-35)57-32-70-30-40(59)48(62)51(64)73-49-47-33(2)21-22-56(66,54(47,5)6)27-39-38-29-71-43(38)26-45(60)55(39,7)50(49)63/h13-15,18,20,24-25,37-41,43,45,48-49,57,59-60,62,66H,10-12,16-17,19,21-23,26-32H2,1-9H3/t37?,38?,39?,40?,41?,43?,45?,48-,49?,55?,56?/m1/s1. The largest absolute Gasteiger partial charge is 0.493 e. The van der Waals surface area contributed by atoms with Crippen LogP contribution >= 0.6 is 0 Å². The third-order valence-electron chi connectivity index (χ3n) is 17.4. The van der Waals surface area contributed by atoms with Crippen molar-refractivity contribution < 1.29 is 72.8 Å². The van der Waals surface area contributed by atoms with Crippen molar-refractivity contribution in [1.82, 2.24) is 4.90 Å². The highest BCUT2D eigenvalue weighted by Gasteiger charge is 2.67. The summed E-state index contributed by atoms with van der Waals surface area (Å²) >= 11 is 0. The van der Waals surface area contributed by atoms with Gasteiger partial charge in [-0.25, -0.2) is 9.59 Å². The van der Waals surface area contributed by atoms with Crippen LogP contribution in [0.5, 0.6) is 11.5 Å². The minimum Gasteiger partial charge on any atom is -0.493 e. The van der Waals surface area contributed by atoms with E-state index in [2.05, 4.69) is 5.32 Å². The number of nitrogens with zero attached hydrogens (tertiary/aromatic N) is 1. The Labute approximate surface area is 430 Å². The molecule has 5 N–H and O–H groups in total. The zero-order valence-electron chi connectivity index (χ0n) is 44.3. The molecule has 3 aliphatic carbocycles. The summed E-state index contributed by atoms with van der Waals surface area (Å²) in [5.74, 6) is -1.07. The second kappa shape index (κ2) is 23.1. The van der Waals surface area contributed by atoms with Crippen LogP contribution in [0.15, 0.2) is 53.6 Å². The van der Waals surface area contributed by atoms with Crippen LogP contribution in [-0.4, -0.2) is 145 Å². The van der Waals surface area contributed by atoms with Crippen LogP contribution in [0.2, 0.25) is 0 Å². The second-order valence-corrected chi connectivity index (χ2v) is 22.4.